The minimum atomic E-state index is -3.73. The number of urea groups is 1. The molecule has 0 bridgehead atoms. The van der Waals surface area contributed by atoms with Crippen LogP contribution in [0.1, 0.15) is 51.1 Å². The van der Waals surface area contributed by atoms with Crippen molar-refractivity contribution < 1.29 is 17.9 Å². The fraction of sp³-hybridized carbons (Fsp3) is 0.433. The van der Waals surface area contributed by atoms with E-state index in [1.807, 2.05) is 36.4 Å². The maximum Gasteiger partial charge on any atom is 0.319 e. The van der Waals surface area contributed by atoms with Gasteiger partial charge in [0.25, 0.3) is 0 Å². The standard InChI is InChI=1S/C30H35N5O4S/c1-21-20-39-18-17-35(21)27-19-26(30(15-5-6-16-30)40(37,38)25-7-3-2-4-8-25)33-28(34-27)22-9-11-23(12-10-22)31-29(36)32-24-13-14-24/h2-4,7-12,19,21,24H,5-6,13-18,20H2,1H3,(H2,31,32,36)/t21-/m0/s1. The lowest BCUT2D eigenvalue weighted by atomic mass is 10.0. The van der Waals surface area contributed by atoms with Crippen LogP contribution in [0.25, 0.3) is 11.4 Å². The lowest BCUT2D eigenvalue weighted by molar-refractivity contribution is 0.0985. The van der Waals surface area contributed by atoms with E-state index in [2.05, 4.69) is 22.5 Å². The van der Waals surface area contributed by atoms with Crippen molar-refractivity contribution in [3.05, 3.63) is 66.4 Å². The minimum Gasteiger partial charge on any atom is -0.377 e. The van der Waals surface area contributed by atoms with E-state index in [0.717, 1.165) is 31.2 Å². The Morgan fingerprint density at radius 2 is 1.75 bits per heavy atom. The van der Waals surface area contributed by atoms with E-state index in [4.69, 9.17) is 14.7 Å². The van der Waals surface area contributed by atoms with Crippen molar-refractivity contribution in [3.63, 3.8) is 0 Å². The van der Waals surface area contributed by atoms with Crippen molar-refractivity contribution >= 4 is 27.4 Å². The molecule has 210 valence electrons. The summed E-state index contributed by atoms with van der Waals surface area (Å²) in [6, 6.07) is 18.1. The quantitative estimate of drug-likeness (QED) is 0.422. The van der Waals surface area contributed by atoms with E-state index in [0.29, 0.717) is 60.5 Å². The molecule has 1 aromatic heterocycles. The highest BCUT2D eigenvalue weighted by Gasteiger charge is 2.50. The van der Waals surface area contributed by atoms with Crippen molar-refractivity contribution in [1.29, 1.82) is 0 Å². The topological polar surface area (TPSA) is 114 Å². The summed E-state index contributed by atoms with van der Waals surface area (Å²) in [6.45, 7) is 3.90. The first kappa shape index (κ1) is 26.7. The molecule has 3 aliphatic rings. The van der Waals surface area contributed by atoms with E-state index in [1.54, 1.807) is 24.3 Å². The first-order valence-corrected chi connectivity index (χ1v) is 15.6. The van der Waals surface area contributed by atoms with Gasteiger partial charge < -0.3 is 20.3 Å². The summed E-state index contributed by atoms with van der Waals surface area (Å²) < 4.78 is 33.0. The Labute approximate surface area is 235 Å². The Bertz CT molecular complexity index is 1470. The van der Waals surface area contributed by atoms with Gasteiger partial charge in [0.1, 0.15) is 10.6 Å². The number of hydrogen-bond acceptors (Lipinski definition) is 7. The third-order valence-corrected chi connectivity index (χ3v) is 10.7. The second kappa shape index (κ2) is 10.8. The Hall–Kier alpha value is -3.50. The molecule has 2 saturated carbocycles. The number of anilines is 2. The number of carbonyl (C=O) groups is 1. The molecule has 2 aliphatic carbocycles. The maximum atomic E-state index is 14.2. The first-order chi connectivity index (χ1) is 19.4. The van der Waals surface area contributed by atoms with Gasteiger partial charge in [-0.2, -0.15) is 0 Å². The molecule has 40 heavy (non-hydrogen) atoms. The highest BCUT2D eigenvalue weighted by atomic mass is 32.2. The Balaban J connectivity index is 1.41. The summed E-state index contributed by atoms with van der Waals surface area (Å²) in [5, 5.41) is 5.79. The number of sulfone groups is 1. The molecule has 2 N–H and O–H groups in total. The molecule has 3 fully saturated rings. The summed E-state index contributed by atoms with van der Waals surface area (Å²) in [5.74, 6) is 1.17. The average molecular weight is 562 g/mol. The van der Waals surface area contributed by atoms with Crippen molar-refractivity contribution in [2.45, 2.75) is 67.2 Å². The number of carbonyl (C=O) groups excluding carboxylic acids is 1. The predicted octanol–water partition coefficient (Wildman–Crippen LogP) is 4.90. The highest BCUT2D eigenvalue weighted by Crippen LogP contribution is 2.48. The van der Waals surface area contributed by atoms with Crippen LogP contribution in [0.3, 0.4) is 0 Å². The second-order valence-electron chi connectivity index (χ2n) is 11.0. The monoisotopic (exact) mass is 561 g/mol. The van der Waals surface area contributed by atoms with Crippen molar-refractivity contribution in [1.82, 2.24) is 15.3 Å². The molecule has 2 aromatic carbocycles. The number of nitrogens with one attached hydrogen (secondary N) is 2. The molecule has 0 unspecified atom stereocenters. The number of morpholine rings is 1. The molecule has 9 nitrogen and oxygen atoms in total. The van der Waals surface area contributed by atoms with E-state index in [1.165, 1.54) is 0 Å². The van der Waals surface area contributed by atoms with Crippen LogP contribution >= 0.6 is 0 Å². The fourth-order valence-electron chi connectivity index (χ4n) is 5.73. The summed E-state index contributed by atoms with van der Waals surface area (Å²) >= 11 is 0. The molecule has 1 saturated heterocycles. The van der Waals surface area contributed by atoms with Gasteiger partial charge in [-0.1, -0.05) is 31.0 Å². The van der Waals surface area contributed by atoms with Crippen molar-refractivity contribution in [2.75, 3.05) is 30.0 Å². The van der Waals surface area contributed by atoms with Crippen LogP contribution in [0.4, 0.5) is 16.3 Å². The molecule has 0 radical (unpaired) electrons. The highest BCUT2D eigenvalue weighted by molar-refractivity contribution is 7.92. The molecule has 0 spiro atoms. The molecular formula is C30H35N5O4S. The maximum absolute atomic E-state index is 14.2. The minimum absolute atomic E-state index is 0.0890. The number of amides is 2. The van der Waals surface area contributed by atoms with Crippen LogP contribution in [0.2, 0.25) is 0 Å². The smallest absolute Gasteiger partial charge is 0.319 e. The zero-order valence-electron chi connectivity index (χ0n) is 22.7. The zero-order valence-corrected chi connectivity index (χ0v) is 23.5. The number of ether oxygens (including phenoxy) is 1. The van der Waals surface area contributed by atoms with Crippen LogP contribution in [-0.2, 0) is 19.3 Å². The van der Waals surface area contributed by atoms with Crippen LogP contribution in [-0.4, -0.2) is 56.3 Å². The van der Waals surface area contributed by atoms with Gasteiger partial charge in [-0.05, 0) is 69.0 Å². The molecule has 3 aromatic rings. The van der Waals surface area contributed by atoms with Gasteiger partial charge in [0.15, 0.2) is 15.7 Å². The van der Waals surface area contributed by atoms with Gasteiger partial charge in [-0.15, -0.1) is 0 Å². The number of aromatic nitrogens is 2. The second-order valence-corrected chi connectivity index (χ2v) is 13.3. The summed E-state index contributed by atoms with van der Waals surface area (Å²) in [5.41, 5.74) is 1.96. The van der Waals surface area contributed by atoms with Gasteiger partial charge in [-0.3, -0.25) is 0 Å². The van der Waals surface area contributed by atoms with Crippen LogP contribution in [0, 0.1) is 0 Å². The fourth-order valence-corrected chi connectivity index (χ4v) is 7.90. The molecule has 1 atom stereocenters. The van der Waals surface area contributed by atoms with Crippen LogP contribution < -0.4 is 15.5 Å². The summed E-state index contributed by atoms with van der Waals surface area (Å²) in [6.07, 6.45) is 4.70. The lowest BCUT2D eigenvalue weighted by Crippen LogP contribution is -2.44. The third-order valence-electron chi connectivity index (χ3n) is 8.13. The Kier molecular flexibility index (Phi) is 7.22. The van der Waals surface area contributed by atoms with Gasteiger partial charge in [0.05, 0.1) is 29.8 Å². The van der Waals surface area contributed by atoms with E-state index in [9.17, 15) is 13.2 Å². The van der Waals surface area contributed by atoms with Gasteiger partial charge in [-0.25, -0.2) is 23.2 Å². The molecule has 2 amide bonds. The van der Waals surface area contributed by atoms with Crippen LogP contribution in [0.15, 0.2) is 65.6 Å². The Morgan fingerprint density at radius 1 is 1.02 bits per heavy atom. The average Bonchev–Trinajstić information content (AvgIpc) is 3.63. The summed E-state index contributed by atoms with van der Waals surface area (Å²) in [7, 11) is -3.73. The normalized spacial score (nSPS) is 20.7. The van der Waals surface area contributed by atoms with Crippen molar-refractivity contribution in [3.8, 4) is 11.4 Å². The van der Waals surface area contributed by atoms with Crippen LogP contribution in [0.5, 0.6) is 0 Å². The SMILES string of the molecule is C[C@H]1COCCN1c1cc(C2(S(=O)(=O)c3ccccc3)CCCC2)nc(-c2ccc(NC(=O)NC3CC3)cc2)n1. The van der Waals surface area contributed by atoms with Gasteiger partial charge in [0, 0.05) is 29.9 Å². The van der Waals surface area contributed by atoms with E-state index >= 15 is 0 Å². The number of hydrogen-bond donors (Lipinski definition) is 2. The van der Waals surface area contributed by atoms with E-state index < -0.39 is 14.6 Å². The summed E-state index contributed by atoms with van der Waals surface area (Å²) in [4.78, 5) is 24.6. The van der Waals surface area contributed by atoms with Gasteiger partial charge in [0.2, 0.25) is 0 Å². The largest absolute Gasteiger partial charge is 0.377 e. The number of nitrogens with zero attached hydrogens (tertiary/aromatic N) is 3. The molecular weight excluding hydrogens is 526 g/mol. The Morgan fingerprint density at radius 3 is 2.42 bits per heavy atom. The number of rotatable bonds is 7. The lowest BCUT2D eigenvalue weighted by Gasteiger charge is -2.36. The molecule has 1 aliphatic heterocycles. The molecule has 10 heteroatoms. The molecule has 6 rings (SSSR count). The predicted molar refractivity (Wildman–Crippen MR) is 154 cm³/mol. The van der Waals surface area contributed by atoms with Crippen molar-refractivity contribution in [2.24, 2.45) is 0 Å². The first-order valence-electron chi connectivity index (χ1n) is 14.1. The third kappa shape index (κ3) is 5.17. The zero-order chi connectivity index (χ0) is 27.7. The number of benzene rings is 2. The molecule has 2 heterocycles. The van der Waals surface area contributed by atoms with Gasteiger partial charge >= 0.3 is 6.03 Å². The van der Waals surface area contributed by atoms with E-state index in [-0.39, 0.29) is 18.1 Å².